The van der Waals surface area contributed by atoms with Gasteiger partial charge >= 0.3 is 0 Å². The number of methoxy groups -OCH3 is 2. The maximum absolute atomic E-state index is 5.58. The van der Waals surface area contributed by atoms with Crippen LogP contribution < -0.4 is 15.4 Å². The fourth-order valence-electron chi connectivity index (χ4n) is 1.44. The minimum absolute atomic E-state index is 0.545. The van der Waals surface area contributed by atoms with Gasteiger partial charge in [0.05, 0.1) is 13.7 Å². The van der Waals surface area contributed by atoms with Crippen molar-refractivity contribution in [1.29, 1.82) is 0 Å². The first kappa shape index (κ1) is 13.7. The Bertz CT molecular complexity index is 346. The molecule has 1 heterocycles. The van der Waals surface area contributed by atoms with Crippen LogP contribution in [0, 0.1) is 6.92 Å². The number of hydrogen-bond acceptors (Lipinski definition) is 6. The Morgan fingerprint density at radius 1 is 1.29 bits per heavy atom. The van der Waals surface area contributed by atoms with Crippen molar-refractivity contribution in [3.63, 3.8) is 0 Å². The molecule has 1 aromatic rings. The van der Waals surface area contributed by atoms with E-state index in [0.29, 0.717) is 38.1 Å². The quantitative estimate of drug-likeness (QED) is 0.734. The van der Waals surface area contributed by atoms with Gasteiger partial charge < -0.3 is 20.1 Å². The molecule has 0 unspecified atom stereocenters. The summed E-state index contributed by atoms with van der Waals surface area (Å²) >= 11 is 0. The van der Waals surface area contributed by atoms with Gasteiger partial charge in [0, 0.05) is 38.5 Å². The van der Waals surface area contributed by atoms with E-state index in [1.807, 2.05) is 11.8 Å². The molecular formula is C11H20N4O2. The molecule has 6 nitrogen and oxygen atoms in total. The molecule has 0 aliphatic rings. The van der Waals surface area contributed by atoms with Gasteiger partial charge in [0.15, 0.2) is 0 Å². The van der Waals surface area contributed by atoms with E-state index in [9.17, 15) is 0 Å². The molecule has 0 bridgehead atoms. The fraction of sp³-hybridized carbons (Fsp3) is 0.636. The van der Waals surface area contributed by atoms with Gasteiger partial charge in [-0.25, -0.2) is 4.98 Å². The van der Waals surface area contributed by atoms with Gasteiger partial charge in [-0.3, -0.25) is 0 Å². The van der Waals surface area contributed by atoms with Crippen molar-refractivity contribution in [1.82, 2.24) is 9.97 Å². The molecule has 0 aliphatic carbocycles. The van der Waals surface area contributed by atoms with Gasteiger partial charge in [0.25, 0.3) is 0 Å². The third kappa shape index (κ3) is 4.16. The predicted octanol–water partition coefficient (Wildman–Crippen LogP) is 0.205. The van der Waals surface area contributed by atoms with Crippen LogP contribution in [0.4, 0.5) is 5.95 Å². The highest BCUT2D eigenvalue weighted by Crippen LogP contribution is 2.14. The lowest BCUT2D eigenvalue weighted by atomic mass is 10.4. The molecule has 0 saturated carbocycles. The molecular weight excluding hydrogens is 220 g/mol. The van der Waals surface area contributed by atoms with Crippen LogP contribution in [-0.4, -0.2) is 50.4 Å². The summed E-state index contributed by atoms with van der Waals surface area (Å²) < 4.78 is 10.2. The Morgan fingerprint density at radius 2 is 2.06 bits per heavy atom. The largest absolute Gasteiger partial charge is 0.481 e. The van der Waals surface area contributed by atoms with E-state index in [1.165, 1.54) is 0 Å². The van der Waals surface area contributed by atoms with Crippen LogP contribution in [0.2, 0.25) is 0 Å². The van der Waals surface area contributed by atoms with Gasteiger partial charge in [-0.05, 0) is 6.92 Å². The zero-order chi connectivity index (χ0) is 12.7. The molecule has 0 aliphatic heterocycles. The van der Waals surface area contributed by atoms with Crippen LogP contribution in [0.15, 0.2) is 6.07 Å². The zero-order valence-corrected chi connectivity index (χ0v) is 10.6. The molecule has 0 fully saturated rings. The average molecular weight is 240 g/mol. The summed E-state index contributed by atoms with van der Waals surface area (Å²) in [6, 6.07) is 1.79. The number of anilines is 1. The van der Waals surface area contributed by atoms with E-state index in [2.05, 4.69) is 9.97 Å². The SMILES string of the molecule is COCCN(CCN)c1nc(C)cc(OC)n1. The summed E-state index contributed by atoms with van der Waals surface area (Å²) in [5.41, 5.74) is 6.44. The number of aryl methyl sites for hydroxylation is 1. The second-order valence-electron chi connectivity index (χ2n) is 3.62. The molecule has 0 saturated heterocycles. The Kier molecular flexibility index (Phi) is 5.65. The summed E-state index contributed by atoms with van der Waals surface area (Å²) in [6.45, 7) is 4.46. The van der Waals surface area contributed by atoms with Crippen LogP contribution in [0.3, 0.4) is 0 Å². The molecule has 0 atom stereocenters. The number of ether oxygens (including phenoxy) is 2. The monoisotopic (exact) mass is 240 g/mol. The van der Waals surface area contributed by atoms with Gasteiger partial charge in [-0.15, -0.1) is 0 Å². The predicted molar refractivity (Wildman–Crippen MR) is 66.5 cm³/mol. The molecule has 0 amide bonds. The number of nitrogens with two attached hydrogens (primary N) is 1. The lowest BCUT2D eigenvalue weighted by Crippen LogP contribution is -2.33. The van der Waals surface area contributed by atoms with Crippen molar-refractivity contribution in [3.05, 3.63) is 11.8 Å². The number of aromatic nitrogens is 2. The van der Waals surface area contributed by atoms with Gasteiger partial charge in [0.1, 0.15) is 0 Å². The third-order valence-corrected chi connectivity index (χ3v) is 2.28. The van der Waals surface area contributed by atoms with E-state index >= 15 is 0 Å². The summed E-state index contributed by atoms with van der Waals surface area (Å²) in [6.07, 6.45) is 0. The maximum atomic E-state index is 5.58. The molecule has 96 valence electrons. The maximum Gasteiger partial charge on any atom is 0.228 e. The summed E-state index contributed by atoms with van der Waals surface area (Å²) in [5.74, 6) is 1.19. The topological polar surface area (TPSA) is 73.5 Å². The second-order valence-corrected chi connectivity index (χ2v) is 3.62. The number of rotatable bonds is 7. The molecule has 0 spiro atoms. The lowest BCUT2D eigenvalue weighted by molar-refractivity contribution is 0.205. The highest BCUT2D eigenvalue weighted by atomic mass is 16.5. The normalized spacial score (nSPS) is 10.4. The highest BCUT2D eigenvalue weighted by molar-refractivity contribution is 5.34. The Labute approximate surface area is 102 Å². The first-order chi connectivity index (χ1) is 8.21. The summed E-state index contributed by atoms with van der Waals surface area (Å²) in [4.78, 5) is 10.7. The first-order valence-electron chi connectivity index (χ1n) is 5.55. The highest BCUT2D eigenvalue weighted by Gasteiger charge is 2.10. The molecule has 1 rings (SSSR count). The van der Waals surface area contributed by atoms with Gasteiger partial charge in [-0.2, -0.15) is 4.98 Å². The summed E-state index contributed by atoms with van der Waals surface area (Å²) in [5, 5.41) is 0. The minimum Gasteiger partial charge on any atom is -0.481 e. The van der Waals surface area contributed by atoms with E-state index in [1.54, 1.807) is 20.3 Å². The van der Waals surface area contributed by atoms with E-state index in [-0.39, 0.29) is 0 Å². The van der Waals surface area contributed by atoms with Gasteiger partial charge in [0.2, 0.25) is 11.8 Å². The van der Waals surface area contributed by atoms with E-state index in [0.717, 1.165) is 5.69 Å². The van der Waals surface area contributed by atoms with Crippen molar-refractivity contribution in [2.24, 2.45) is 5.73 Å². The van der Waals surface area contributed by atoms with Crippen molar-refractivity contribution >= 4 is 5.95 Å². The van der Waals surface area contributed by atoms with Crippen LogP contribution in [-0.2, 0) is 4.74 Å². The standard InChI is InChI=1S/C11H20N4O2/c1-9-8-10(17-3)14-11(13-9)15(5-4-12)6-7-16-2/h8H,4-7,12H2,1-3H3. The van der Waals surface area contributed by atoms with Crippen molar-refractivity contribution in [3.8, 4) is 5.88 Å². The second kappa shape index (κ2) is 7.03. The number of hydrogen-bond donors (Lipinski definition) is 1. The lowest BCUT2D eigenvalue weighted by Gasteiger charge is -2.22. The van der Waals surface area contributed by atoms with Gasteiger partial charge in [-0.1, -0.05) is 0 Å². The van der Waals surface area contributed by atoms with Crippen LogP contribution in [0.1, 0.15) is 5.69 Å². The Hall–Kier alpha value is -1.40. The molecule has 1 aromatic heterocycles. The van der Waals surface area contributed by atoms with Crippen LogP contribution in [0.25, 0.3) is 0 Å². The zero-order valence-electron chi connectivity index (χ0n) is 10.6. The molecule has 2 N–H and O–H groups in total. The van der Waals surface area contributed by atoms with E-state index < -0.39 is 0 Å². The summed E-state index contributed by atoms with van der Waals surface area (Å²) in [7, 11) is 3.26. The fourth-order valence-corrected chi connectivity index (χ4v) is 1.44. The third-order valence-electron chi connectivity index (χ3n) is 2.28. The van der Waals surface area contributed by atoms with Crippen LogP contribution >= 0.6 is 0 Å². The van der Waals surface area contributed by atoms with Crippen molar-refractivity contribution in [2.45, 2.75) is 6.92 Å². The molecule has 6 heteroatoms. The molecule has 17 heavy (non-hydrogen) atoms. The van der Waals surface area contributed by atoms with Crippen LogP contribution in [0.5, 0.6) is 5.88 Å². The first-order valence-corrected chi connectivity index (χ1v) is 5.55. The molecule has 0 radical (unpaired) electrons. The van der Waals surface area contributed by atoms with Crippen molar-refractivity contribution < 1.29 is 9.47 Å². The Balaban J connectivity index is 2.87. The molecule has 0 aromatic carbocycles. The smallest absolute Gasteiger partial charge is 0.228 e. The Morgan fingerprint density at radius 3 is 2.65 bits per heavy atom. The van der Waals surface area contributed by atoms with E-state index in [4.69, 9.17) is 15.2 Å². The minimum atomic E-state index is 0.545. The average Bonchev–Trinajstić information content (AvgIpc) is 2.33. The van der Waals surface area contributed by atoms with Crippen molar-refractivity contribution in [2.75, 3.05) is 45.4 Å². The number of nitrogens with zero attached hydrogens (tertiary/aromatic N) is 3.